The average Bonchev–Trinajstić information content (AvgIpc) is 3.00. The minimum absolute atomic E-state index is 0.772. The Labute approximate surface area is 96.6 Å². The highest BCUT2D eigenvalue weighted by Gasteiger charge is 2.30. The van der Waals surface area contributed by atoms with Crippen molar-refractivity contribution in [1.82, 2.24) is 0 Å². The number of nitrogens with two attached hydrogens (primary N) is 1. The maximum atomic E-state index is 5.98. The molecule has 1 unspecified atom stereocenters. The van der Waals surface area contributed by atoms with Crippen molar-refractivity contribution in [3.8, 4) is 0 Å². The maximum Gasteiger partial charge on any atom is 0.0408 e. The van der Waals surface area contributed by atoms with Gasteiger partial charge in [-0.3, -0.25) is 0 Å². The van der Waals surface area contributed by atoms with Gasteiger partial charge in [-0.25, -0.2) is 0 Å². The number of halogens is 1. The summed E-state index contributed by atoms with van der Waals surface area (Å²) >= 11 is 5.98. The van der Waals surface area contributed by atoms with E-state index in [0.29, 0.717) is 0 Å². The van der Waals surface area contributed by atoms with Crippen molar-refractivity contribution < 1.29 is 0 Å². The highest BCUT2D eigenvalue weighted by molar-refractivity contribution is 6.30. The van der Waals surface area contributed by atoms with Gasteiger partial charge in [-0.05, 0) is 61.8 Å². The number of hydrogen-bond acceptors (Lipinski definition) is 1. The molecular weight excluding hydrogens is 206 g/mol. The second-order valence-corrected chi connectivity index (χ2v) is 4.95. The van der Waals surface area contributed by atoms with Crippen LogP contribution in [0.15, 0.2) is 24.3 Å². The Morgan fingerprint density at radius 1 is 1.40 bits per heavy atom. The van der Waals surface area contributed by atoms with Gasteiger partial charge in [0.05, 0.1) is 0 Å². The summed E-state index contributed by atoms with van der Waals surface area (Å²) in [5, 5.41) is 0.842. The highest BCUT2D eigenvalue weighted by Crippen LogP contribution is 2.40. The molecule has 2 heteroatoms. The van der Waals surface area contributed by atoms with Crippen LogP contribution in [0.1, 0.15) is 24.8 Å². The molecule has 1 aliphatic rings. The third-order valence-corrected chi connectivity index (χ3v) is 3.45. The van der Waals surface area contributed by atoms with Crippen molar-refractivity contribution >= 4 is 11.6 Å². The number of rotatable bonds is 5. The third-order valence-electron chi connectivity index (χ3n) is 3.21. The van der Waals surface area contributed by atoms with Crippen molar-refractivity contribution in [3.05, 3.63) is 34.9 Å². The van der Waals surface area contributed by atoms with Gasteiger partial charge in [0, 0.05) is 5.02 Å². The predicted molar refractivity (Wildman–Crippen MR) is 65.0 cm³/mol. The lowest BCUT2D eigenvalue weighted by Gasteiger charge is -2.15. The van der Waals surface area contributed by atoms with E-state index in [1.807, 2.05) is 12.1 Å². The van der Waals surface area contributed by atoms with E-state index in [1.165, 1.54) is 18.4 Å². The first-order valence-electron chi connectivity index (χ1n) is 5.74. The maximum absolute atomic E-state index is 5.98. The molecule has 0 radical (unpaired) electrons. The van der Waals surface area contributed by atoms with E-state index >= 15 is 0 Å². The lowest BCUT2D eigenvalue weighted by molar-refractivity contribution is 0.432. The van der Waals surface area contributed by atoms with E-state index in [1.54, 1.807) is 0 Å². The van der Waals surface area contributed by atoms with Gasteiger partial charge in [0.1, 0.15) is 0 Å². The molecule has 82 valence electrons. The van der Waals surface area contributed by atoms with Gasteiger partial charge in [0.25, 0.3) is 0 Å². The topological polar surface area (TPSA) is 26.0 Å². The van der Waals surface area contributed by atoms with Crippen LogP contribution in [0.5, 0.6) is 0 Å². The summed E-state index contributed by atoms with van der Waals surface area (Å²) in [4.78, 5) is 0. The first-order valence-corrected chi connectivity index (χ1v) is 6.12. The molecule has 0 bridgehead atoms. The molecule has 1 aromatic rings. The molecule has 1 atom stereocenters. The van der Waals surface area contributed by atoms with Crippen LogP contribution in [0.4, 0.5) is 0 Å². The molecule has 1 nitrogen and oxygen atoms in total. The van der Waals surface area contributed by atoms with Crippen LogP contribution in [0.3, 0.4) is 0 Å². The Morgan fingerprint density at radius 3 is 2.80 bits per heavy atom. The Kier molecular flexibility index (Phi) is 3.66. The van der Waals surface area contributed by atoms with Crippen LogP contribution >= 0.6 is 11.6 Å². The first-order chi connectivity index (χ1) is 7.29. The summed E-state index contributed by atoms with van der Waals surface area (Å²) in [6.07, 6.45) is 5.08. The van der Waals surface area contributed by atoms with Gasteiger partial charge in [0.15, 0.2) is 0 Å². The van der Waals surface area contributed by atoms with Gasteiger partial charge < -0.3 is 5.73 Å². The van der Waals surface area contributed by atoms with Crippen molar-refractivity contribution in [3.63, 3.8) is 0 Å². The predicted octanol–water partition coefficient (Wildman–Crippen LogP) is 3.26. The fraction of sp³-hybridized carbons (Fsp3) is 0.538. The van der Waals surface area contributed by atoms with E-state index in [2.05, 4.69) is 12.1 Å². The summed E-state index contributed by atoms with van der Waals surface area (Å²) in [5.74, 6) is 1.70. The second kappa shape index (κ2) is 5.00. The molecular formula is C13H18ClN. The molecule has 1 saturated carbocycles. The normalized spacial score (nSPS) is 17.7. The molecule has 0 amide bonds. The summed E-state index contributed by atoms with van der Waals surface area (Å²) in [6.45, 7) is 0.807. The minimum Gasteiger partial charge on any atom is -0.330 e. The van der Waals surface area contributed by atoms with Crippen LogP contribution in [0.2, 0.25) is 5.02 Å². The fourth-order valence-corrected chi connectivity index (χ4v) is 2.47. The van der Waals surface area contributed by atoms with Crippen LogP contribution < -0.4 is 5.73 Å². The Balaban J connectivity index is 1.98. The highest BCUT2D eigenvalue weighted by atomic mass is 35.5. The standard InChI is InChI=1S/C13H18ClN/c14-13-3-1-2-10(9-13)8-12(6-7-15)11-4-5-11/h1-3,9,11-12H,4-8,15H2. The van der Waals surface area contributed by atoms with Crippen LogP contribution in [0, 0.1) is 11.8 Å². The largest absolute Gasteiger partial charge is 0.330 e. The van der Waals surface area contributed by atoms with Crippen LogP contribution in [0.25, 0.3) is 0 Å². The van der Waals surface area contributed by atoms with Gasteiger partial charge >= 0.3 is 0 Å². The van der Waals surface area contributed by atoms with Gasteiger partial charge in [-0.15, -0.1) is 0 Å². The molecule has 15 heavy (non-hydrogen) atoms. The smallest absolute Gasteiger partial charge is 0.0408 e. The molecule has 0 aromatic heterocycles. The van der Waals surface area contributed by atoms with Crippen molar-refractivity contribution in [2.24, 2.45) is 17.6 Å². The molecule has 0 aliphatic heterocycles. The molecule has 0 saturated heterocycles. The minimum atomic E-state index is 0.772. The van der Waals surface area contributed by atoms with Crippen molar-refractivity contribution in [1.29, 1.82) is 0 Å². The zero-order valence-corrected chi connectivity index (χ0v) is 9.71. The quantitative estimate of drug-likeness (QED) is 0.815. The van der Waals surface area contributed by atoms with Crippen LogP contribution in [-0.4, -0.2) is 6.54 Å². The Hall–Kier alpha value is -0.530. The zero-order chi connectivity index (χ0) is 10.7. The van der Waals surface area contributed by atoms with Crippen LogP contribution in [-0.2, 0) is 6.42 Å². The summed E-state index contributed by atoms with van der Waals surface area (Å²) < 4.78 is 0. The molecule has 1 fully saturated rings. The van der Waals surface area contributed by atoms with Gasteiger partial charge in [-0.1, -0.05) is 23.7 Å². The van der Waals surface area contributed by atoms with Crippen molar-refractivity contribution in [2.75, 3.05) is 6.54 Å². The van der Waals surface area contributed by atoms with E-state index in [0.717, 1.165) is 36.2 Å². The number of benzene rings is 1. The molecule has 1 aliphatic carbocycles. The van der Waals surface area contributed by atoms with E-state index < -0.39 is 0 Å². The molecule has 0 spiro atoms. The lowest BCUT2D eigenvalue weighted by atomic mass is 9.92. The summed E-state index contributed by atoms with van der Waals surface area (Å²) in [5.41, 5.74) is 7.01. The SMILES string of the molecule is NCCC(Cc1cccc(Cl)c1)C1CC1. The molecule has 0 heterocycles. The fourth-order valence-electron chi connectivity index (χ4n) is 2.25. The van der Waals surface area contributed by atoms with E-state index in [-0.39, 0.29) is 0 Å². The van der Waals surface area contributed by atoms with E-state index in [9.17, 15) is 0 Å². The first kappa shape index (κ1) is 11.0. The Bertz CT molecular complexity index is 320. The average molecular weight is 224 g/mol. The lowest BCUT2D eigenvalue weighted by Crippen LogP contribution is -2.13. The monoisotopic (exact) mass is 223 g/mol. The Morgan fingerprint density at radius 2 is 2.20 bits per heavy atom. The van der Waals surface area contributed by atoms with Crippen molar-refractivity contribution in [2.45, 2.75) is 25.7 Å². The van der Waals surface area contributed by atoms with Gasteiger partial charge in [-0.2, -0.15) is 0 Å². The van der Waals surface area contributed by atoms with Gasteiger partial charge in [0.2, 0.25) is 0 Å². The zero-order valence-electron chi connectivity index (χ0n) is 8.95. The third kappa shape index (κ3) is 3.22. The molecule has 1 aromatic carbocycles. The number of hydrogen-bond donors (Lipinski definition) is 1. The van der Waals surface area contributed by atoms with E-state index in [4.69, 9.17) is 17.3 Å². The summed E-state index contributed by atoms with van der Waals surface area (Å²) in [7, 11) is 0. The molecule has 2 N–H and O–H groups in total. The summed E-state index contributed by atoms with van der Waals surface area (Å²) in [6, 6.07) is 8.20. The molecule has 2 rings (SSSR count). The second-order valence-electron chi connectivity index (χ2n) is 4.51.